The van der Waals surface area contributed by atoms with Crippen LogP contribution in [0.2, 0.25) is 0 Å². The fourth-order valence-corrected chi connectivity index (χ4v) is 1.38. The van der Waals surface area contributed by atoms with E-state index in [0.717, 1.165) is 16.8 Å². The quantitative estimate of drug-likeness (QED) is 0.744. The van der Waals surface area contributed by atoms with Crippen molar-refractivity contribution in [2.75, 3.05) is 12.4 Å². The Kier molecular flexibility index (Phi) is 3.53. The minimum atomic E-state index is 0.439. The van der Waals surface area contributed by atoms with E-state index in [1.807, 2.05) is 12.1 Å². The molecule has 2 nitrogen and oxygen atoms in total. The zero-order valence-corrected chi connectivity index (χ0v) is 8.84. The van der Waals surface area contributed by atoms with Crippen LogP contribution in [0.5, 0.6) is 5.88 Å². The number of alkyl halides is 1. The Morgan fingerprint density at radius 2 is 2.42 bits per heavy atom. The van der Waals surface area contributed by atoms with Gasteiger partial charge < -0.3 is 4.74 Å². The lowest BCUT2D eigenvalue weighted by Crippen LogP contribution is -1.99. The summed E-state index contributed by atoms with van der Waals surface area (Å²) >= 11 is 3.43. The Hall–Kier alpha value is -0.570. The average Bonchev–Trinajstić information content (AvgIpc) is 2.16. The largest absolute Gasteiger partial charge is 0.481 e. The maximum Gasteiger partial charge on any atom is 0.216 e. The van der Waals surface area contributed by atoms with Crippen LogP contribution in [-0.2, 0) is 0 Å². The predicted molar refractivity (Wildman–Crippen MR) is 53.0 cm³/mol. The SMILES string of the molecule is COc1ncccc1C(C)CBr. The predicted octanol–water partition coefficient (Wildman–Crippen LogP) is 2.59. The molecule has 1 heterocycles. The molecule has 0 saturated heterocycles. The molecule has 0 aliphatic heterocycles. The molecule has 0 amide bonds. The Morgan fingerprint density at radius 3 is 3.00 bits per heavy atom. The summed E-state index contributed by atoms with van der Waals surface area (Å²) in [5.74, 6) is 1.16. The molecule has 0 radical (unpaired) electrons. The number of aromatic nitrogens is 1. The molecule has 1 unspecified atom stereocenters. The standard InChI is InChI=1S/C9H12BrNO/c1-7(6-10)8-4-3-5-11-9(8)12-2/h3-5,7H,6H2,1-2H3. The summed E-state index contributed by atoms with van der Waals surface area (Å²) < 4.78 is 5.14. The molecule has 0 bridgehead atoms. The van der Waals surface area contributed by atoms with Crippen LogP contribution in [0, 0.1) is 0 Å². The van der Waals surface area contributed by atoms with E-state index >= 15 is 0 Å². The lowest BCUT2D eigenvalue weighted by Gasteiger charge is -2.10. The number of halogens is 1. The van der Waals surface area contributed by atoms with Gasteiger partial charge in [-0.05, 0) is 12.0 Å². The number of hydrogen-bond donors (Lipinski definition) is 0. The second-order valence-corrected chi connectivity index (χ2v) is 3.30. The summed E-state index contributed by atoms with van der Waals surface area (Å²) in [6, 6.07) is 3.97. The second kappa shape index (κ2) is 4.45. The first-order valence-corrected chi connectivity index (χ1v) is 4.96. The Labute approximate surface area is 81.1 Å². The number of ether oxygens (including phenoxy) is 1. The zero-order valence-electron chi connectivity index (χ0n) is 7.25. The molecule has 3 heteroatoms. The van der Waals surface area contributed by atoms with E-state index in [-0.39, 0.29) is 0 Å². The van der Waals surface area contributed by atoms with Crippen molar-refractivity contribution in [1.82, 2.24) is 4.98 Å². The van der Waals surface area contributed by atoms with Gasteiger partial charge in [-0.1, -0.05) is 28.9 Å². The van der Waals surface area contributed by atoms with Gasteiger partial charge in [0.15, 0.2) is 0 Å². The third kappa shape index (κ3) is 1.97. The van der Waals surface area contributed by atoms with Crippen molar-refractivity contribution in [3.05, 3.63) is 23.9 Å². The topological polar surface area (TPSA) is 22.1 Å². The lowest BCUT2D eigenvalue weighted by molar-refractivity contribution is 0.390. The third-order valence-corrected chi connectivity index (χ3v) is 2.73. The van der Waals surface area contributed by atoms with Crippen LogP contribution in [0.1, 0.15) is 18.4 Å². The third-order valence-electron chi connectivity index (χ3n) is 1.76. The summed E-state index contributed by atoms with van der Waals surface area (Å²) in [5.41, 5.74) is 1.15. The molecule has 0 fully saturated rings. The maximum atomic E-state index is 5.14. The molecule has 0 aromatic carbocycles. The minimum absolute atomic E-state index is 0.439. The van der Waals surface area contributed by atoms with Crippen LogP contribution in [0.4, 0.5) is 0 Å². The Bertz CT molecular complexity index is 252. The van der Waals surface area contributed by atoms with Crippen molar-refractivity contribution in [2.24, 2.45) is 0 Å². The van der Waals surface area contributed by atoms with E-state index in [9.17, 15) is 0 Å². The molecule has 0 aliphatic carbocycles. The number of rotatable bonds is 3. The van der Waals surface area contributed by atoms with Gasteiger partial charge in [0.2, 0.25) is 5.88 Å². The highest BCUT2D eigenvalue weighted by Gasteiger charge is 2.09. The molecule has 0 aliphatic rings. The molecular weight excluding hydrogens is 218 g/mol. The highest BCUT2D eigenvalue weighted by molar-refractivity contribution is 9.09. The highest BCUT2D eigenvalue weighted by atomic mass is 79.9. The average molecular weight is 230 g/mol. The van der Waals surface area contributed by atoms with Crippen LogP contribution in [-0.4, -0.2) is 17.4 Å². The maximum absolute atomic E-state index is 5.14. The fraction of sp³-hybridized carbons (Fsp3) is 0.444. The summed E-state index contributed by atoms with van der Waals surface area (Å²) in [6.45, 7) is 2.13. The highest BCUT2D eigenvalue weighted by Crippen LogP contribution is 2.24. The molecule has 1 aromatic rings. The monoisotopic (exact) mass is 229 g/mol. The Morgan fingerprint density at radius 1 is 1.67 bits per heavy atom. The zero-order chi connectivity index (χ0) is 8.97. The molecule has 1 atom stereocenters. The van der Waals surface area contributed by atoms with Crippen molar-refractivity contribution in [1.29, 1.82) is 0 Å². The van der Waals surface area contributed by atoms with Gasteiger partial charge in [0.1, 0.15) is 0 Å². The van der Waals surface area contributed by atoms with Crippen LogP contribution in [0.15, 0.2) is 18.3 Å². The molecule has 1 aromatic heterocycles. The molecule has 0 N–H and O–H groups in total. The van der Waals surface area contributed by atoms with E-state index < -0.39 is 0 Å². The van der Waals surface area contributed by atoms with E-state index in [1.165, 1.54) is 0 Å². The first kappa shape index (κ1) is 9.52. The van der Waals surface area contributed by atoms with Crippen molar-refractivity contribution < 1.29 is 4.74 Å². The summed E-state index contributed by atoms with van der Waals surface area (Å²) in [5, 5.41) is 0.926. The normalized spacial score (nSPS) is 12.6. The van der Waals surface area contributed by atoms with Gasteiger partial charge in [-0.3, -0.25) is 0 Å². The first-order valence-electron chi connectivity index (χ1n) is 3.84. The van der Waals surface area contributed by atoms with Gasteiger partial charge in [0, 0.05) is 17.1 Å². The van der Waals surface area contributed by atoms with Crippen molar-refractivity contribution in [3.63, 3.8) is 0 Å². The van der Waals surface area contributed by atoms with Gasteiger partial charge in [-0.15, -0.1) is 0 Å². The Balaban J connectivity index is 2.96. The molecule has 1 rings (SSSR count). The smallest absolute Gasteiger partial charge is 0.216 e. The van der Waals surface area contributed by atoms with Crippen LogP contribution in [0.3, 0.4) is 0 Å². The van der Waals surface area contributed by atoms with Gasteiger partial charge in [-0.2, -0.15) is 0 Å². The van der Waals surface area contributed by atoms with Gasteiger partial charge in [0.05, 0.1) is 7.11 Å². The van der Waals surface area contributed by atoms with Crippen LogP contribution in [0.25, 0.3) is 0 Å². The van der Waals surface area contributed by atoms with Crippen molar-refractivity contribution >= 4 is 15.9 Å². The van der Waals surface area contributed by atoms with Gasteiger partial charge in [0.25, 0.3) is 0 Å². The number of nitrogens with zero attached hydrogens (tertiary/aromatic N) is 1. The van der Waals surface area contributed by atoms with E-state index in [2.05, 4.69) is 27.8 Å². The molecular formula is C9H12BrNO. The minimum Gasteiger partial charge on any atom is -0.481 e. The van der Waals surface area contributed by atoms with Crippen molar-refractivity contribution in [2.45, 2.75) is 12.8 Å². The lowest BCUT2D eigenvalue weighted by atomic mass is 10.1. The molecule has 0 spiro atoms. The van der Waals surface area contributed by atoms with Crippen LogP contribution < -0.4 is 4.74 Å². The number of methoxy groups -OCH3 is 1. The van der Waals surface area contributed by atoms with E-state index in [0.29, 0.717) is 5.92 Å². The molecule has 12 heavy (non-hydrogen) atoms. The first-order chi connectivity index (χ1) is 5.79. The summed E-state index contributed by atoms with van der Waals surface area (Å²) in [7, 11) is 1.65. The summed E-state index contributed by atoms with van der Waals surface area (Å²) in [4.78, 5) is 4.12. The number of pyridine rings is 1. The molecule has 66 valence electrons. The second-order valence-electron chi connectivity index (χ2n) is 2.66. The van der Waals surface area contributed by atoms with Gasteiger partial charge in [-0.25, -0.2) is 4.98 Å². The fourth-order valence-electron chi connectivity index (χ4n) is 1.03. The van der Waals surface area contributed by atoms with Crippen molar-refractivity contribution in [3.8, 4) is 5.88 Å². The van der Waals surface area contributed by atoms with Crippen LogP contribution >= 0.6 is 15.9 Å². The molecule has 0 saturated carbocycles. The number of hydrogen-bond acceptors (Lipinski definition) is 2. The van der Waals surface area contributed by atoms with E-state index in [1.54, 1.807) is 13.3 Å². The van der Waals surface area contributed by atoms with Gasteiger partial charge >= 0.3 is 0 Å². The van der Waals surface area contributed by atoms with E-state index in [4.69, 9.17) is 4.74 Å². The summed E-state index contributed by atoms with van der Waals surface area (Å²) in [6.07, 6.45) is 1.74.